The Morgan fingerprint density at radius 2 is 1.57 bits per heavy atom. The number of amides is 2. The van der Waals surface area contributed by atoms with E-state index in [0.717, 1.165) is 5.56 Å². The minimum atomic E-state index is -0.559. The van der Waals surface area contributed by atoms with Gasteiger partial charge in [-0.1, -0.05) is 39.0 Å². The molecule has 6 nitrogen and oxygen atoms in total. The van der Waals surface area contributed by atoms with Crippen LogP contribution in [0.5, 0.6) is 0 Å². The van der Waals surface area contributed by atoms with Crippen LogP contribution in [0, 0.1) is 0 Å². The Morgan fingerprint density at radius 1 is 0.933 bits per heavy atom. The molecule has 0 saturated carbocycles. The second-order valence-electron chi connectivity index (χ2n) is 8.01. The second-order valence-corrected chi connectivity index (χ2v) is 8.01. The smallest absolute Gasteiger partial charge is 0.338 e. The van der Waals surface area contributed by atoms with E-state index in [9.17, 15) is 14.4 Å². The van der Waals surface area contributed by atoms with Gasteiger partial charge in [0.05, 0.1) is 5.56 Å². The van der Waals surface area contributed by atoms with Gasteiger partial charge in [-0.25, -0.2) is 4.79 Å². The molecule has 0 atom stereocenters. The number of carbonyl (C=O) groups is 3. The van der Waals surface area contributed by atoms with Crippen LogP contribution in [0.15, 0.2) is 48.5 Å². The van der Waals surface area contributed by atoms with E-state index in [2.05, 4.69) is 26.1 Å². The van der Waals surface area contributed by atoms with E-state index >= 15 is 0 Å². The molecule has 0 bridgehead atoms. The second kappa shape index (κ2) is 10.1. The first kappa shape index (κ1) is 23.1. The van der Waals surface area contributed by atoms with Crippen molar-refractivity contribution in [3.63, 3.8) is 0 Å². The van der Waals surface area contributed by atoms with Crippen LogP contribution < -0.4 is 5.32 Å². The number of nitrogens with one attached hydrogen (secondary N) is 1. The van der Waals surface area contributed by atoms with Gasteiger partial charge in [-0.3, -0.25) is 9.59 Å². The molecular formula is C24H30N2O4. The fraction of sp³-hybridized carbons (Fsp3) is 0.375. The van der Waals surface area contributed by atoms with E-state index in [-0.39, 0.29) is 11.3 Å². The molecule has 0 saturated heterocycles. The van der Waals surface area contributed by atoms with Gasteiger partial charge >= 0.3 is 5.97 Å². The maximum absolute atomic E-state index is 12.4. The van der Waals surface area contributed by atoms with Crippen molar-refractivity contribution in [1.82, 2.24) is 4.90 Å². The highest BCUT2D eigenvalue weighted by atomic mass is 16.5. The zero-order valence-corrected chi connectivity index (χ0v) is 18.3. The maximum Gasteiger partial charge on any atom is 0.338 e. The van der Waals surface area contributed by atoms with Crippen molar-refractivity contribution >= 4 is 23.5 Å². The van der Waals surface area contributed by atoms with Gasteiger partial charge in [0, 0.05) is 24.3 Å². The minimum Gasteiger partial charge on any atom is -0.452 e. The van der Waals surface area contributed by atoms with Crippen LogP contribution in [-0.2, 0) is 14.9 Å². The lowest BCUT2D eigenvalue weighted by atomic mass is 9.87. The normalized spacial score (nSPS) is 11.0. The molecule has 2 rings (SSSR count). The van der Waals surface area contributed by atoms with E-state index in [1.165, 1.54) is 0 Å². The summed E-state index contributed by atoms with van der Waals surface area (Å²) in [5.41, 5.74) is 2.46. The first-order valence-electron chi connectivity index (χ1n) is 10.1. The van der Waals surface area contributed by atoms with E-state index in [1.807, 2.05) is 26.0 Å². The quantitative estimate of drug-likeness (QED) is 0.692. The van der Waals surface area contributed by atoms with Gasteiger partial charge in [-0.2, -0.15) is 0 Å². The molecule has 0 fully saturated rings. The van der Waals surface area contributed by atoms with E-state index in [1.54, 1.807) is 41.3 Å². The molecule has 2 aromatic carbocycles. The Balaban J connectivity index is 1.94. The predicted molar refractivity (Wildman–Crippen MR) is 118 cm³/mol. The van der Waals surface area contributed by atoms with Gasteiger partial charge in [0.25, 0.3) is 11.8 Å². The van der Waals surface area contributed by atoms with Crippen LogP contribution in [0.4, 0.5) is 5.69 Å². The van der Waals surface area contributed by atoms with Crippen molar-refractivity contribution < 1.29 is 19.1 Å². The van der Waals surface area contributed by atoms with Crippen LogP contribution in [-0.4, -0.2) is 42.4 Å². The van der Waals surface area contributed by atoms with Gasteiger partial charge in [-0.05, 0) is 55.2 Å². The lowest BCUT2D eigenvalue weighted by molar-refractivity contribution is -0.119. The monoisotopic (exact) mass is 410 g/mol. The molecular weight excluding hydrogens is 380 g/mol. The van der Waals surface area contributed by atoms with Crippen molar-refractivity contribution in [3.05, 3.63) is 65.2 Å². The molecule has 2 amide bonds. The number of esters is 1. The Hall–Kier alpha value is -3.15. The van der Waals surface area contributed by atoms with Gasteiger partial charge in [0.15, 0.2) is 6.61 Å². The number of carbonyl (C=O) groups excluding carboxylic acids is 3. The highest BCUT2D eigenvalue weighted by Crippen LogP contribution is 2.22. The summed E-state index contributed by atoms with van der Waals surface area (Å²) >= 11 is 0. The van der Waals surface area contributed by atoms with Crippen molar-refractivity contribution in [1.29, 1.82) is 0 Å². The zero-order valence-electron chi connectivity index (χ0n) is 18.3. The Morgan fingerprint density at radius 3 is 2.13 bits per heavy atom. The van der Waals surface area contributed by atoms with E-state index < -0.39 is 18.5 Å². The Labute approximate surface area is 178 Å². The van der Waals surface area contributed by atoms with Crippen molar-refractivity contribution in [3.8, 4) is 0 Å². The Bertz CT molecular complexity index is 894. The third-order valence-corrected chi connectivity index (χ3v) is 4.76. The number of hydrogen-bond donors (Lipinski definition) is 1. The fourth-order valence-electron chi connectivity index (χ4n) is 2.94. The predicted octanol–water partition coefficient (Wildman–Crippen LogP) is 4.26. The summed E-state index contributed by atoms with van der Waals surface area (Å²) < 4.78 is 5.11. The molecule has 0 aliphatic rings. The van der Waals surface area contributed by atoms with Crippen molar-refractivity contribution in [2.75, 3.05) is 25.0 Å². The van der Waals surface area contributed by atoms with Crippen LogP contribution in [0.2, 0.25) is 0 Å². The lowest BCUT2D eigenvalue weighted by Gasteiger charge is -2.19. The number of hydrogen-bond acceptors (Lipinski definition) is 4. The molecule has 30 heavy (non-hydrogen) atoms. The first-order valence-corrected chi connectivity index (χ1v) is 10.1. The summed E-state index contributed by atoms with van der Waals surface area (Å²) in [6.07, 6.45) is 0. The summed E-state index contributed by atoms with van der Waals surface area (Å²) in [7, 11) is 0. The lowest BCUT2D eigenvalue weighted by Crippen LogP contribution is -2.30. The zero-order chi connectivity index (χ0) is 22.3. The standard InChI is InChI=1S/C24H30N2O4/c1-6-26(7-2)22(28)18-9-8-10-20(15-18)25-21(27)16-30-23(29)17-11-13-19(14-12-17)24(3,4)5/h8-15H,6-7,16H2,1-5H3,(H,25,27). The number of nitrogens with zero attached hydrogens (tertiary/aromatic N) is 1. The molecule has 1 N–H and O–H groups in total. The Kier molecular flexibility index (Phi) is 7.75. The average Bonchev–Trinajstić information content (AvgIpc) is 2.72. The summed E-state index contributed by atoms with van der Waals surface area (Å²) in [6.45, 7) is 10.9. The molecule has 2 aromatic rings. The number of benzene rings is 2. The fourth-order valence-corrected chi connectivity index (χ4v) is 2.94. The van der Waals surface area contributed by atoms with Crippen LogP contribution in [0.25, 0.3) is 0 Å². The number of ether oxygens (including phenoxy) is 1. The summed E-state index contributed by atoms with van der Waals surface area (Å²) in [5.74, 6) is -1.13. The highest BCUT2D eigenvalue weighted by molar-refractivity contribution is 5.98. The topological polar surface area (TPSA) is 75.7 Å². The molecule has 160 valence electrons. The third kappa shape index (κ3) is 6.17. The van der Waals surface area contributed by atoms with Crippen LogP contribution in [0.3, 0.4) is 0 Å². The largest absolute Gasteiger partial charge is 0.452 e. The van der Waals surface area contributed by atoms with E-state index in [0.29, 0.717) is 29.9 Å². The molecule has 0 spiro atoms. The summed E-state index contributed by atoms with van der Waals surface area (Å²) in [6, 6.07) is 13.9. The van der Waals surface area contributed by atoms with Crippen LogP contribution in [0.1, 0.15) is 60.9 Å². The SMILES string of the molecule is CCN(CC)C(=O)c1cccc(NC(=O)COC(=O)c2ccc(C(C)(C)C)cc2)c1. The molecule has 0 unspecified atom stereocenters. The molecule has 0 aliphatic heterocycles. The van der Waals surface area contributed by atoms with Gasteiger partial charge in [0.1, 0.15) is 0 Å². The highest BCUT2D eigenvalue weighted by Gasteiger charge is 2.16. The molecule has 0 aliphatic carbocycles. The third-order valence-electron chi connectivity index (χ3n) is 4.76. The first-order chi connectivity index (χ1) is 14.2. The average molecular weight is 411 g/mol. The number of anilines is 1. The van der Waals surface area contributed by atoms with Crippen molar-refractivity contribution in [2.45, 2.75) is 40.0 Å². The van der Waals surface area contributed by atoms with Crippen LogP contribution >= 0.6 is 0 Å². The molecule has 6 heteroatoms. The molecule has 0 heterocycles. The van der Waals surface area contributed by atoms with Crippen molar-refractivity contribution in [2.24, 2.45) is 0 Å². The molecule has 0 aromatic heterocycles. The summed E-state index contributed by atoms with van der Waals surface area (Å²) in [5, 5.41) is 2.66. The van der Waals surface area contributed by atoms with Gasteiger partial charge in [0.2, 0.25) is 0 Å². The van der Waals surface area contributed by atoms with Gasteiger partial charge < -0.3 is 15.0 Å². The maximum atomic E-state index is 12.4. The summed E-state index contributed by atoms with van der Waals surface area (Å²) in [4.78, 5) is 38.5. The van der Waals surface area contributed by atoms with Gasteiger partial charge in [-0.15, -0.1) is 0 Å². The number of rotatable bonds is 7. The minimum absolute atomic E-state index is 0.0104. The molecule has 0 radical (unpaired) electrons. The van der Waals surface area contributed by atoms with E-state index in [4.69, 9.17) is 4.74 Å².